The molecule has 0 saturated heterocycles. The van der Waals surface area contributed by atoms with Gasteiger partial charge in [0.2, 0.25) is 0 Å². The molecule has 2 bridgehead atoms. The average Bonchev–Trinajstić information content (AvgIpc) is 2.98. The zero-order valence-electron chi connectivity index (χ0n) is 11.2. The monoisotopic (exact) mass is 311 g/mol. The van der Waals surface area contributed by atoms with Gasteiger partial charge in [0.05, 0.1) is 16.5 Å². The van der Waals surface area contributed by atoms with Crippen molar-refractivity contribution in [1.29, 1.82) is 0 Å². The summed E-state index contributed by atoms with van der Waals surface area (Å²) in [5.74, 6) is -2.55. The molecule has 2 saturated carbocycles. The molecule has 2 fully saturated rings. The van der Waals surface area contributed by atoms with E-state index in [9.17, 15) is 19.1 Å². The lowest BCUT2D eigenvalue weighted by Crippen LogP contribution is -2.47. The van der Waals surface area contributed by atoms with Crippen LogP contribution in [0.5, 0.6) is 0 Å². The number of nitrogens with one attached hydrogen (secondary N) is 1. The lowest BCUT2D eigenvalue weighted by Gasteiger charge is -2.29. The Labute approximate surface area is 126 Å². The molecule has 4 atom stereocenters. The molecular formula is C15H15ClFNO3. The molecule has 21 heavy (non-hydrogen) atoms. The summed E-state index contributed by atoms with van der Waals surface area (Å²) in [5.41, 5.74) is -0.217. The van der Waals surface area contributed by atoms with Gasteiger partial charge < -0.3 is 10.4 Å². The number of hydrogen-bond acceptors (Lipinski definition) is 2. The Morgan fingerprint density at radius 3 is 2.67 bits per heavy atom. The predicted octanol–water partition coefficient (Wildman–Crippen LogP) is 2.71. The van der Waals surface area contributed by atoms with Gasteiger partial charge in [-0.2, -0.15) is 0 Å². The van der Waals surface area contributed by atoms with E-state index in [4.69, 9.17) is 11.6 Å². The standard InChI is InChI=1S/C15H15ClFNO3/c16-9-2-1-3-10(17)12(9)14(19)18-13-8-5-4-7(6-8)11(13)15(20)21/h1-3,7-8,11,13H,4-6H2,(H,18,19)(H,20,21). The summed E-state index contributed by atoms with van der Waals surface area (Å²) in [4.78, 5) is 23.7. The van der Waals surface area contributed by atoms with Gasteiger partial charge in [0, 0.05) is 6.04 Å². The van der Waals surface area contributed by atoms with Crippen LogP contribution in [0.4, 0.5) is 4.39 Å². The van der Waals surface area contributed by atoms with Crippen molar-refractivity contribution >= 4 is 23.5 Å². The SMILES string of the molecule is O=C(NC1C2CCC(C2)C1C(=O)O)c1c(F)cccc1Cl. The van der Waals surface area contributed by atoms with Crippen LogP contribution < -0.4 is 5.32 Å². The third kappa shape index (κ3) is 2.39. The van der Waals surface area contributed by atoms with Crippen LogP contribution >= 0.6 is 11.6 Å². The molecule has 0 spiro atoms. The van der Waals surface area contributed by atoms with E-state index in [0.29, 0.717) is 0 Å². The largest absolute Gasteiger partial charge is 0.481 e. The first-order valence-electron chi connectivity index (χ1n) is 6.96. The summed E-state index contributed by atoms with van der Waals surface area (Å²) in [6, 6.07) is 3.58. The van der Waals surface area contributed by atoms with Crippen LogP contribution in [0.25, 0.3) is 0 Å². The minimum Gasteiger partial charge on any atom is -0.481 e. The quantitative estimate of drug-likeness (QED) is 0.902. The molecule has 2 aliphatic carbocycles. The van der Waals surface area contributed by atoms with Crippen LogP contribution in [-0.4, -0.2) is 23.0 Å². The summed E-state index contributed by atoms with van der Waals surface area (Å²) >= 11 is 5.87. The van der Waals surface area contributed by atoms with Crippen molar-refractivity contribution in [2.45, 2.75) is 25.3 Å². The zero-order chi connectivity index (χ0) is 15.1. The molecule has 1 aromatic rings. The molecule has 0 aromatic heterocycles. The van der Waals surface area contributed by atoms with Gasteiger partial charge in [0.1, 0.15) is 5.82 Å². The smallest absolute Gasteiger partial charge is 0.308 e. The molecule has 2 aliphatic rings. The molecule has 2 N–H and O–H groups in total. The molecule has 0 radical (unpaired) electrons. The number of hydrogen-bond donors (Lipinski definition) is 2. The van der Waals surface area contributed by atoms with Crippen LogP contribution in [0.1, 0.15) is 29.6 Å². The minimum atomic E-state index is -0.896. The van der Waals surface area contributed by atoms with Crippen molar-refractivity contribution in [3.8, 4) is 0 Å². The van der Waals surface area contributed by atoms with Crippen molar-refractivity contribution in [2.75, 3.05) is 0 Å². The fraction of sp³-hybridized carbons (Fsp3) is 0.467. The highest BCUT2D eigenvalue weighted by Gasteiger charge is 2.51. The van der Waals surface area contributed by atoms with Gasteiger partial charge in [0.25, 0.3) is 5.91 Å². The summed E-state index contributed by atoms with van der Waals surface area (Å²) in [6.45, 7) is 0. The highest BCUT2D eigenvalue weighted by Crippen LogP contribution is 2.48. The van der Waals surface area contributed by atoms with E-state index in [1.165, 1.54) is 12.1 Å². The Kier molecular flexibility index (Phi) is 3.61. The van der Waals surface area contributed by atoms with Crippen molar-refractivity contribution in [2.24, 2.45) is 17.8 Å². The maximum atomic E-state index is 13.8. The number of aliphatic carboxylic acids is 1. The third-order valence-corrected chi connectivity index (χ3v) is 5.00. The maximum absolute atomic E-state index is 13.8. The van der Waals surface area contributed by atoms with Gasteiger partial charge in [-0.1, -0.05) is 17.7 Å². The number of carbonyl (C=O) groups is 2. The molecule has 4 unspecified atom stereocenters. The van der Waals surface area contributed by atoms with Crippen LogP contribution in [-0.2, 0) is 4.79 Å². The fourth-order valence-electron chi connectivity index (χ4n) is 3.79. The van der Waals surface area contributed by atoms with E-state index in [0.717, 1.165) is 25.3 Å². The molecular weight excluding hydrogens is 297 g/mol. The number of fused-ring (bicyclic) bond motifs is 2. The summed E-state index contributed by atoms with van der Waals surface area (Å²) < 4.78 is 13.8. The van der Waals surface area contributed by atoms with E-state index in [2.05, 4.69) is 5.32 Å². The second-order valence-corrected chi connectivity index (χ2v) is 6.20. The van der Waals surface area contributed by atoms with E-state index >= 15 is 0 Å². The van der Waals surface area contributed by atoms with Crippen LogP contribution in [0.3, 0.4) is 0 Å². The van der Waals surface area contributed by atoms with Gasteiger partial charge in [-0.25, -0.2) is 4.39 Å². The Hall–Kier alpha value is -1.62. The minimum absolute atomic E-state index is 0.0301. The highest BCUT2D eigenvalue weighted by molar-refractivity contribution is 6.33. The fourth-order valence-corrected chi connectivity index (χ4v) is 4.04. The first kappa shape index (κ1) is 14.3. The van der Waals surface area contributed by atoms with Crippen molar-refractivity contribution < 1.29 is 19.1 Å². The normalized spacial score (nSPS) is 30.4. The second kappa shape index (κ2) is 5.30. The number of benzene rings is 1. The van der Waals surface area contributed by atoms with E-state index in [-0.39, 0.29) is 22.4 Å². The van der Waals surface area contributed by atoms with Gasteiger partial charge in [-0.3, -0.25) is 9.59 Å². The van der Waals surface area contributed by atoms with Gasteiger partial charge in [-0.05, 0) is 43.2 Å². The van der Waals surface area contributed by atoms with Crippen LogP contribution in [0, 0.1) is 23.6 Å². The number of carboxylic acid groups (broad SMARTS) is 1. The molecule has 1 aromatic carbocycles. The Balaban J connectivity index is 1.83. The van der Waals surface area contributed by atoms with Gasteiger partial charge in [-0.15, -0.1) is 0 Å². The predicted molar refractivity (Wildman–Crippen MR) is 74.6 cm³/mol. The Morgan fingerprint density at radius 1 is 1.29 bits per heavy atom. The number of halogens is 2. The molecule has 3 rings (SSSR count). The van der Waals surface area contributed by atoms with Crippen molar-refractivity contribution in [3.63, 3.8) is 0 Å². The first-order chi connectivity index (χ1) is 9.99. The van der Waals surface area contributed by atoms with Crippen LogP contribution in [0.15, 0.2) is 18.2 Å². The molecule has 6 heteroatoms. The first-order valence-corrected chi connectivity index (χ1v) is 7.34. The van der Waals surface area contributed by atoms with Crippen LogP contribution in [0.2, 0.25) is 5.02 Å². The lowest BCUT2D eigenvalue weighted by atomic mass is 9.84. The maximum Gasteiger partial charge on any atom is 0.308 e. The second-order valence-electron chi connectivity index (χ2n) is 5.79. The summed E-state index contributed by atoms with van der Waals surface area (Å²) in [7, 11) is 0. The van der Waals surface area contributed by atoms with Gasteiger partial charge >= 0.3 is 5.97 Å². The zero-order valence-corrected chi connectivity index (χ0v) is 11.9. The summed E-state index contributed by atoms with van der Waals surface area (Å²) in [5, 5.41) is 12.1. The number of amides is 1. The van der Waals surface area contributed by atoms with Crippen molar-refractivity contribution in [3.05, 3.63) is 34.6 Å². The molecule has 0 aliphatic heterocycles. The molecule has 4 nitrogen and oxygen atoms in total. The van der Waals surface area contributed by atoms with E-state index < -0.39 is 29.7 Å². The Morgan fingerprint density at radius 2 is 2.00 bits per heavy atom. The number of carbonyl (C=O) groups excluding carboxylic acids is 1. The number of rotatable bonds is 3. The number of carboxylic acids is 1. The van der Waals surface area contributed by atoms with Crippen molar-refractivity contribution in [1.82, 2.24) is 5.32 Å². The van der Waals surface area contributed by atoms with E-state index in [1.54, 1.807) is 0 Å². The Bertz CT molecular complexity index is 586. The topological polar surface area (TPSA) is 66.4 Å². The average molecular weight is 312 g/mol. The molecule has 112 valence electrons. The third-order valence-electron chi connectivity index (χ3n) is 4.69. The summed E-state index contributed by atoms with van der Waals surface area (Å²) in [6.07, 6.45) is 2.60. The van der Waals surface area contributed by atoms with Gasteiger partial charge in [0.15, 0.2) is 0 Å². The molecule has 0 heterocycles. The molecule has 1 amide bonds. The highest BCUT2D eigenvalue weighted by atomic mass is 35.5. The van der Waals surface area contributed by atoms with E-state index in [1.807, 2.05) is 0 Å². The lowest BCUT2D eigenvalue weighted by molar-refractivity contribution is -0.144.